The Morgan fingerprint density at radius 3 is 2.91 bits per heavy atom. The Labute approximate surface area is 187 Å². The van der Waals surface area contributed by atoms with Crippen molar-refractivity contribution < 1.29 is 9.25 Å². The number of aliphatic imine (C=N–C) groups is 1. The van der Waals surface area contributed by atoms with Crippen LogP contribution in [0.5, 0.6) is 5.75 Å². The third-order valence-electron chi connectivity index (χ3n) is 5.71. The fourth-order valence-corrected chi connectivity index (χ4v) is 4.03. The van der Waals surface area contributed by atoms with Crippen molar-refractivity contribution in [3.05, 3.63) is 65.9 Å². The van der Waals surface area contributed by atoms with Crippen LogP contribution < -0.4 is 20.3 Å². The van der Waals surface area contributed by atoms with E-state index in [0.717, 1.165) is 48.5 Å². The van der Waals surface area contributed by atoms with Gasteiger partial charge in [-0.25, -0.2) is 0 Å². The second kappa shape index (κ2) is 9.62. The van der Waals surface area contributed by atoms with Crippen LogP contribution in [-0.2, 0) is 0 Å². The third-order valence-corrected chi connectivity index (χ3v) is 5.71. The lowest BCUT2D eigenvalue weighted by Gasteiger charge is -2.20. The van der Waals surface area contributed by atoms with Gasteiger partial charge in [-0.2, -0.15) is 10.4 Å². The van der Waals surface area contributed by atoms with Gasteiger partial charge in [0, 0.05) is 29.7 Å². The highest BCUT2D eigenvalue weighted by atomic mass is 16.5. The maximum absolute atomic E-state index is 9.59. The molecule has 1 atom stereocenters. The smallest absolute Gasteiger partial charge is 0.296 e. The van der Waals surface area contributed by atoms with Gasteiger partial charge >= 0.3 is 0 Å². The molecule has 4 heterocycles. The molecule has 1 saturated heterocycles. The largest absolute Gasteiger partial charge is 0.477 e. The number of fused-ring (bicyclic) bond motifs is 1. The summed E-state index contributed by atoms with van der Waals surface area (Å²) in [5, 5.41) is 16.1. The van der Waals surface area contributed by atoms with Crippen molar-refractivity contribution in [2.75, 3.05) is 13.1 Å². The number of piperidine rings is 1. The van der Waals surface area contributed by atoms with E-state index in [2.05, 4.69) is 21.5 Å². The second-order valence-electron chi connectivity index (χ2n) is 7.90. The van der Waals surface area contributed by atoms with Crippen molar-refractivity contribution in [3.8, 4) is 11.8 Å². The van der Waals surface area contributed by atoms with Crippen LogP contribution in [0.4, 0.5) is 0 Å². The van der Waals surface area contributed by atoms with Gasteiger partial charge in [-0.05, 0) is 51.9 Å². The van der Waals surface area contributed by atoms with Crippen molar-refractivity contribution in [2.24, 2.45) is 10.7 Å². The van der Waals surface area contributed by atoms with E-state index in [1.807, 2.05) is 44.3 Å². The van der Waals surface area contributed by atoms with Crippen LogP contribution in [0.15, 0.2) is 54.0 Å². The summed E-state index contributed by atoms with van der Waals surface area (Å²) in [5.41, 5.74) is 10.6. The van der Waals surface area contributed by atoms with Crippen LogP contribution in [0.2, 0.25) is 0 Å². The second-order valence-corrected chi connectivity index (χ2v) is 7.90. The number of aromatic amines is 1. The average Bonchev–Trinajstić information content (AvgIpc) is 3.24. The number of aromatic nitrogens is 3. The van der Waals surface area contributed by atoms with Gasteiger partial charge in [0.05, 0.1) is 23.5 Å². The fraction of sp³-hybridized carbons (Fsp3) is 0.333. The molecule has 1 aliphatic heterocycles. The highest BCUT2D eigenvalue weighted by molar-refractivity contribution is 6.22. The van der Waals surface area contributed by atoms with E-state index in [4.69, 9.17) is 15.5 Å². The standard InChI is InChI=1S/C24H27N7O/c1-16(30-20-6-9-27-10-7-20)21(13-26)18-11-23(24-19(12-25)14-29-31(24)15-18)32-17(2)22-5-3-4-8-28-22/h3-5,8,11,13-15,17,20,27H,6-7,9-10H2,1-2H3,(H2,26,30)/p+1/t17-/m1/s1. The van der Waals surface area contributed by atoms with Crippen LogP contribution in [0.1, 0.15) is 49.6 Å². The molecule has 8 heteroatoms. The zero-order valence-corrected chi connectivity index (χ0v) is 18.4. The van der Waals surface area contributed by atoms with Crippen LogP contribution in [0, 0.1) is 11.3 Å². The molecule has 3 aromatic heterocycles. The summed E-state index contributed by atoms with van der Waals surface area (Å²) >= 11 is 0. The van der Waals surface area contributed by atoms with Gasteiger partial charge in [0.1, 0.15) is 12.2 Å². The molecule has 4 N–H and O–H groups in total. The van der Waals surface area contributed by atoms with Gasteiger partial charge in [-0.1, -0.05) is 10.6 Å². The van der Waals surface area contributed by atoms with Crippen molar-refractivity contribution in [1.29, 1.82) is 5.26 Å². The number of allylic oxidation sites excluding steroid dienone is 1. The van der Waals surface area contributed by atoms with E-state index in [0.29, 0.717) is 16.8 Å². The normalized spacial score (nSPS) is 16.7. The molecule has 164 valence electrons. The molecule has 0 aromatic carbocycles. The van der Waals surface area contributed by atoms with Gasteiger partial charge in [0.15, 0.2) is 11.3 Å². The van der Waals surface area contributed by atoms with E-state index in [-0.39, 0.29) is 12.1 Å². The summed E-state index contributed by atoms with van der Waals surface area (Å²) in [4.78, 5) is 9.32. The summed E-state index contributed by atoms with van der Waals surface area (Å²) in [6.45, 7) is 5.89. The Morgan fingerprint density at radius 2 is 2.22 bits per heavy atom. The van der Waals surface area contributed by atoms with E-state index >= 15 is 0 Å². The molecule has 0 unspecified atom stereocenters. The first-order valence-electron chi connectivity index (χ1n) is 10.8. The number of nitriles is 1. The number of rotatable bonds is 6. The first-order chi connectivity index (χ1) is 15.6. The van der Waals surface area contributed by atoms with Crippen LogP contribution in [0.25, 0.3) is 11.1 Å². The molecule has 0 aliphatic carbocycles. The summed E-state index contributed by atoms with van der Waals surface area (Å²) in [6.07, 6.45) is 8.63. The van der Waals surface area contributed by atoms with Gasteiger partial charge < -0.3 is 15.8 Å². The van der Waals surface area contributed by atoms with Gasteiger partial charge in [0.2, 0.25) is 6.20 Å². The molecule has 8 nitrogen and oxygen atoms in total. The molecule has 1 fully saturated rings. The monoisotopic (exact) mass is 430 g/mol. The maximum Gasteiger partial charge on any atom is 0.296 e. The molecular weight excluding hydrogens is 402 g/mol. The minimum atomic E-state index is -0.300. The Kier molecular flexibility index (Phi) is 6.47. The number of nitrogens with zero attached hydrogens (tertiary/aromatic N) is 4. The van der Waals surface area contributed by atoms with Gasteiger partial charge in [-0.3, -0.25) is 9.98 Å². The summed E-state index contributed by atoms with van der Waals surface area (Å²) in [5.74, 6) is 0.576. The molecule has 0 spiro atoms. The molecule has 1 aliphatic rings. The summed E-state index contributed by atoms with van der Waals surface area (Å²) < 4.78 is 8.10. The topological polar surface area (TPSA) is 116 Å². The van der Waals surface area contributed by atoms with E-state index < -0.39 is 0 Å². The average molecular weight is 431 g/mol. The lowest BCUT2D eigenvalue weighted by molar-refractivity contribution is -0.577. The van der Waals surface area contributed by atoms with Crippen LogP contribution >= 0.6 is 0 Å². The van der Waals surface area contributed by atoms with Gasteiger partial charge in [-0.15, -0.1) is 0 Å². The zero-order valence-electron chi connectivity index (χ0n) is 18.4. The number of nitrogens with two attached hydrogens (primary N) is 1. The minimum absolute atomic E-state index is 0.290. The summed E-state index contributed by atoms with van der Waals surface area (Å²) in [7, 11) is 0. The molecule has 4 rings (SSSR count). The number of pyridine rings is 2. The van der Waals surface area contributed by atoms with Crippen molar-refractivity contribution in [3.63, 3.8) is 0 Å². The fourth-order valence-electron chi connectivity index (χ4n) is 4.03. The predicted molar refractivity (Wildman–Crippen MR) is 123 cm³/mol. The van der Waals surface area contributed by atoms with Crippen LogP contribution in [0.3, 0.4) is 0 Å². The van der Waals surface area contributed by atoms with Crippen LogP contribution in [-0.4, -0.2) is 34.9 Å². The molecular formula is C24H28N7O+. The summed E-state index contributed by atoms with van der Waals surface area (Å²) in [6, 6.07) is 10.2. The Morgan fingerprint density at radius 1 is 1.41 bits per heavy atom. The SMILES string of the molecule is CC(=NC1CCNCC1)/C(=C\N)c1cc(O[C@H](C)c2ccccn2)c2c(C#N)c[nH][n+]2c1. The molecule has 32 heavy (non-hydrogen) atoms. The highest BCUT2D eigenvalue weighted by Crippen LogP contribution is 2.29. The van der Waals surface area contributed by atoms with E-state index in [1.54, 1.807) is 23.1 Å². The zero-order chi connectivity index (χ0) is 22.5. The Bertz CT molecular complexity index is 1180. The highest BCUT2D eigenvalue weighted by Gasteiger charge is 2.24. The molecule has 0 amide bonds. The first-order valence-corrected chi connectivity index (χ1v) is 10.8. The lowest BCUT2D eigenvalue weighted by Crippen LogP contribution is -2.30. The molecule has 0 radical (unpaired) electrons. The van der Waals surface area contributed by atoms with E-state index in [9.17, 15) is 5.26 Å². The molecule has 3 aromatic rings. The molecule has 0 saturated carbocycles. The van der Waals surface area contributed by atoms with Crippen molar-refractivity contribution in [2.45, 2.75) is 38.8 Å². The lowest BCUT2D eigenvalue weighted by atomic mass is 10.0. The number of hydrogen-bond donors (Lipinski definition) is 3. The number of nitrogens with one attached hydrogen (secondary N) is 2. The minimum Gasteiger partial charge on any atom is -0.477 e. The number of hydrogen-bond acceptors (Lipinski definition) is 6. The van der Waals surface area contributed by atoms with Gasteiger partial charge in [0.25, 0.3) is 5.52 Å². The maximum atomic E-state index is 9.59. The Hall–Kier alpha value is -3.70. The van der Waals surface area contributed by atoms with Crippen molar-refractivity contribution in [1.82, 2.24) is 15.4 Å². The number of H-pyrrole nitrogens is 1. The molecule has 0 bridgehead atoms. The van der Waals surface area contributed by atoms with Crippen molar-refractivity contribution >= 4 is 16.8 Å². The quantitative estimate of drug-likeness (QED) is 0.411. The first kappa shape index (κ1) is 21.5. The third kappa shape index (κ3) is 4.48. The predicted octanol–water partition coefficient (Wildman–Crippen LogP) is 2.67. The van der Waals surface area contributed by atoms with E-state index in [1.165, 1.54) is 0 Å². The Balaban J connectivity index is 1.73. The number of ether oxygens (including phenoxy) is 1.